The van der Waals surface area contributed by atoms with Crippen molar-refractivity contribution in [2.75, 3.05) is 0 Å². The minimum atomic E-state index is -1.10. The van der Waals surface area contributed by atoms with Crippen molar-refractivity contribution in [3.8, 4) is 0 Å². The molecule has 0 aromatic rings. The predicted octanol–water partition coefficient (Wildman–Crippen LogP) is 1.87. The topological polar surface area (TPSA) is 65.0 Å². The molecule has 1 fully saturated rings. The van der Waals surface area contributed by atoms with Gasteiger partial charge in [0.25, 0.3) is 0 Å². The van der Waals surface area contributed by atoms with Crippen LogP contribution in [0.4, 0.5) is 0 Å². The van der Waals surface area contributed by atoms with E-state index >= 15 is 0 Å². The summed E-state index contributed by atoms with van der Waals surface area (Å²) < 4.78 is 4.71. The molecule has 0 amide bonds. The summed E-state index contributed by atoms with van der Waals surface area (Å²) in [5.74, 6) is -0.137. The second-order valence-corrected chi connectivity index (χ2v) is 6.30. The van der Waals surface area contributed by atoms with Gasteiger partial charge in [-0.2, -0.15) is 0 Å². The van der Waals surface area contributed by atoms with Gasteiger partial charge >= 0.3 is 5.97 Å². The van der Waals surface area contributed by atoms with E-state index in [1.807, 2.05) is 13.0 Å². The molecule has 1 saturated heterocycles. The Kier molecular flexibility index (Phi) is 3.04. The number of hydrogen-bond donors (Lipinski definition) is 1. The molecule has 0 spiro atoms. The lowest BCUT2D eigenvalue weighted by molar-refractivity contribution is -0.437. The molecule has 0 unspecified atom stereocenters. The zero-order valence-corrected chi connectivity index (χ0v) is 12.0. The maximum Gasteiger partial charge on any atom is 0.336 e. The Morgan fingerprint density at radius 1 is 1.40 bits per heavy atom. The van der Waals surface area contributed by atoms with Gasteiger partial charge in [-0.15, -0.1) is 0 Å². The minimum absolute atomic E-state index is 0.0445. The zero-order valence-electron chi connectivity index (χ0n) is 12.0. The first-order chi connectivity index (χ1) is 9.36. The number of ether oxygens (including phenoxy) is 1. The van der Waals surface area contributed by atoms with Crippen molar-refractivity contribution < 1.29 is 24.4 Å². The molecule has 0 radical (unpaired) electrons. The molecule has 20 heavy (non-hydrogen) atoms. The molecule has 0 aromatic heterocycles. The smallest absolute Gasteiger partial charge is 0.336 e. The van der Waals surface area contributed by atoms with Gasteiger partial charge < -0.3 is 9.84 Å². The molecular weight excluding hydrogens is 260 g/mol. The highest BCUT2D eigenvalue weighted by molar-refractivity contribution is 5.90. The molecule has 1 N–H and O–H groups in total. The normalized spacial score (nSPS) is 46.5. The highest BCUT2D eigenvalue weighted by Crippen LogP contribution is 2.54. The zero-order chi connectivity index (χ0) is 14.5. The first-order valence-electron chi connectivity index (χ1n) is 6.99. The Hall–Kier alpha value is -1.17. The van der Waals surface area contributed by atoms with Crippen molar-refractivity contribution in [1.82, 2.24) is 0 Å². The number of esters is 1. The largest absolute Gasteiger partial charge is 0.429 e. The van der Waals surface area contributed by atoms with E-state index in [-0.39, 0.29) is 17.4 Å². The van der Waals surface area contributed by atoms with E-state index in [1.165, 1.54) is 6.08 Å². The van der Waals surface area contributed by atoms with Crippen molar-refractivity contribution in [2.45, 2.75) is 51.6 Å². The molecule has 0 saturated carbocycles. The SMILES string of the molecule is C[C@@H]1[C@@H]2C=C[C@@](C)(OO2)[C@@]1(C)CCC1=C[C@@H](O)OC1=O. The quantitative estimate of drug-likeness (QED) is 0.486. The van der Waals surface area contributed by atoms with Crippen LogP contribution in [0.15, 0.2) is 23.8 Å². The Bertz CT molecular complexity index is 496. The lowest BCUT2D eigenvalue weighted by atomic mass is 9.58. The molecule has 2 bridgehead atoms. The van der Waals surface area contributed by atoms with E-state index < -0.39 is 17.9 Å². The van der Waals surface area contributed by atoms with Crippen LogP contribution in [0.5, 0.6) is 0 Å². The maximum absolute atomic E-state index is 11.6. The molecule has 5 nitrogen and oxygen atoms in total. The number of rotatable bonds is 3. The Morgan fingerprint density at radius 2 is 2.15 bits per heavy atom. The van der Waals surface area contributed by atoms with E-state index in [0.29, 0.717) is 12.0 Å². The first kappa shape index (κ1) is 13.8. The highest BCUT2D eigenvalue weighted by Gasteiger charge is 2.57. The van der Waals surface area contributed by atoms with Gasteiger partial charge in [-0.05, 0) is 31.8 Å². The van der Waals surface area contributed by atoms with Crippen molar-refractivity contribution in [1.29, 1.82) is 0 Å². The van der Waals surface area contributed by atoms with Gasteiger partial charge in [0.2, 0.25) is 6.29 Å². The summed E-state index contributed by atoms with van der Waals surface area (Å²) >= 11 is 0. The van der Waals surface area contributed by atoms with Crippen LogP contribution in [0.3, 0.4) is 0 Å². The number of hydrogen-bond acceptors (Lipinski definition) is 5. The molecule has 5 atom stereocenters. The predicted molar refractivity (Wildman–Crippen MR) is 70.2 cm³/mol. The van der Waals surface area contributed by atoms with E-state index in [4.69, 9.17) is 14.5 Å². The lowest BCUT2D eigenvalue weighted by Crippen LogP contribution is -2.59. The summed E-state index contributed by atoms with van der Waals surface area (Å²) in [6, 6.07) is 0. The van der Waals surface area contributed by atoms with E-state index in [9.17, 15) is 9.90 Å². The monoisotopic (exact) mass is 280 g/mol. The van der Waals surface area contributed by atoms with Crippen LogP contribution in [-0.4, -0.2) is 29.1 Å². The van der Waals surface area contributed by atoms with Crippen molar-refractivity contribution in [3.05, 3.63) is 23.8 Å². The fourth-order valence-electron chi connectivity index (χ4n) is 3.36. The van der Waals surface area contributed by atoms with E-state index in [0.717, 1.165) is 6.42 Å². The number of aliphatic hydroxyl groups excluding tert-OH is 1. The molecule has 3 heterocycles. The number of fused-ring (bicyclic) bond motifs is 2. The third-order valence-corrected chi connectivity index (χ3v) is 5.32. The van der Waals surface area contributed by atoms with Crippen molar-refractivity contribution in [2.24, 2.45) is 11.3 Å². The molecule has 110 valence electrons. The molecule has 3 aliphatic heterocycles. The molecular formula is C15H20O5. The number of cyclic esters (lactones) is 1. The third kappa shape index (κ3) is 1.84. The second kappa shape index (κ2) is 4.41. The van der Waals surface area contributed by atoms with Gasteiger partial charge in [-0.25, -0.2) is 14.6 Å². The maximum atomic E-state index is 11.6. The van der Waals surface area contributed by atoms with Gasteiger partial charge in [0.15, 0.2) is 0 Å². The van der Waals surface area contributed by atoms with E-state index in [2.05, 4.69) is 19.9 Å². The summed E-state index contributed by atoms with van der Waals surface area (Å²) in [5.41, 5.74) is -0.0943. The van der Waals surface area contributed by atoms with Crippen molar-refractivity contribution in [3.63, 3.8) is 0 Å². The van der Waals surface area contributed by atoms with Gasteiger partial charge in [0.05, 0.1) is 0 Å². The fourth-order valence-corrected chi connectivity index (χ4v) is 3.36. The van der Waals surface area contributed by atoms with Gasteiger partial charge in [0, 0.05) is 11.0 Å². The first-order valence-corrected chi connectivity index (χ1v) is 6.99. The van der Waals surface area contributed by atoms with Crippen molar-refractivity contribution >= 4 is 5.97 Å². The summed E-state index contributed by atoms with van der Waals surface area (Å²) in [6.45, 7) is 6.31. The molecule has 4 aliphatic rings. The highest BCUT2D eigenvalue weighted by atomic mass is 17.2. The molecule has 0 aromatic carbocycles. The van der Waals surface area contributed by atoms with Gasteiger partial charge in [-0.1, -0.05) is 26.0 Å². The average molecular weight is 280 g/mol. The van der Waals surface area contributed by atoms with Crippen LogP contribution in [0.2, 0.25) is 0 Å². The Balaban J connectivity index is 1.78. The van der Waals surface area contributed by atoms with E-state index in [1.54, 1.807) is 0 Å². The number of aliphatic hydroxyl groups is 1. The van der Waals surface area contributed by atoms with Crippen LogP contribution in [-0.2, 0) is 19.3 Å². The third-order valence-electron chi connectivity index (χ3n) is 5.32. The van der Waals surface area contributed by atoms with Crippen LogP contribution in [0, 0.1) is 11.3 Å². The van der Waals surface area contributed by atoms with Crippen LogP contribution >= 0.6 is 0 Å². The number of carbonyl (C=O) groups excluding carboxylic acids is 1. The standard InChI is InChI=1S/C15H20O5/c1-9-11-5-7-15(3,20-19-11)14(9,2)6-4-10-8-12(16)18-13(10)17/h5,7-9,11-12,16H,4,6H2,1-3H3/t9-,11+,12+,14+,15-/m1/s1. The second-order valence-electron chi connectivity index (χ2n) is 6.30. The Labute approximate surface area is 118 Å². The lowest BCUT2D eigenvalue weighted by Gasteiger charge is -2.56. The summed E-state index contributed by atoms with van der Waals surface area (Å²) in [7, 11) is 0. The summed E-state index contributed by atoms with van der Waals surface area (Å²) in [6.07, 6.45) is 5.77. The number of carbonyl (C=O) groups is 1. The fraction of sp³-hybridized carbons (Fsp3) is 0.667. The summed E-state index contributed by atoms with van der Waals surface area (Å²) in [4.78, 5) is 22.5. The van der Waals surface area contributed by atoms with Gasteiger partial charge in [-0.3, -0.25) is 0 Å². The minimum Gasteiger partial charge on any atom is -0.429 e. The average Bonchev–Trinajstić information content (AvgIpc) is 2.72. The molecule has 1 aliphatic carbocycles. The molecule has 5 heteroatoms. The van der Waals surface area contributed by atoms with Crippen LogP contribution in [0.25, 0.3) is 0 Å². The molecule has 4 rings (SSSR count). The van der Waals surface area contributed by atoms with Crippen LogP contribution < -0.4 is 0 Å². The summed E-state index contributed by atoms with van der Waals surface area (Å²) in [5, 5.41) is 9.30. The Morgan fingerprint density at radius 3 is 2.65 bits per heavy atom. The van der Waals surface area contributed by atoms with Gasteiger partial charge in [0.1, 0.15) is 11.7 Å². The van der Waals surface area contributed by atoms with Crippen LogP contribution in [0.1, 0.15) is 33.6 Å².